The number of nitrogens with zero attached hydrogens (tertiary/aromatic N) is 2. The van der Waals surface area contributed by atoms with Crippen LogP contribution in [0.2, 0.25) is 5.02 Å². The van der Waals surface area contributed by atoms with Gasteiger partial charge in [0.2, 0.25) is 0 Å². The Morgan fingerprint density at radius 3 is 2.85 bits per heavy atom. The average Bonchev–Trinajstić information content (AvgIpc) is 2.46. The molecule has 0 aliphatic carbocycles. The first-order valence-corrected chi connectivity index (χ1v) is 4.00. The Balaban J connectivity index is 0.000000845. The Hall–Kier alpha value is -0.770. The molecule has 0 aliphatic rings. The number of rotatable bonds is 1. The molecule has 0 unspecified atom stereocenters. The van der Waals surface area contributed by atoms with Crippen LogP contribution in [0.3, 0.4) is 0 Å². The Bertz CT molecular complexity index is 411. The van der Waals surface area contributed by atoms with Crippen LogP contribution < -0.4 is 5.73 Å². The van der Waals surface area contributed by atoms with Gasteiger partial charge >= 0.3 is 0 Å². The lowest BCUT2D eigenvalue weighted by molar-refractivity contribution is 1.02. The molecule has 5 heteroatoms. The first-order valence-electron chi connectivity index (χ1n) is 3.63. The maximum Gasteiger partial charge on any atom is 0.137 e. The summed E-state index contributed by atoms with van der Waals surface area (Å²) >= 11 is 5.79. The molecule has 0 saturated carbocycles. The number of hydrogen-bond acceptors (Lipinski definition) is 2. The predicted molar refractivity (Wildman–Crippen MR) is 55.3 cm³/mol. The van der Waals surface area contributed by atoms with E-state index < -0.39 is 0 Å². The Kier molecular flexibility index (Phi) is 3.14. The number of pyridine rings is 1. The van der Waals surface area contributed by atoms with Gasteiger partial charge in [0.1, 0.15) is 5.65 Å². The molecule has 0 spiro atoms. The monoisotopic (exact) mass is 217 g/mol. The van der Waals surface area contributed by atoms with E-state index in [2.05, 4.69) is 4.98 Å². The van der Waals surface area contributed by atoms with Crippen molar-refractivity contribution < 1.29 is 0 Å². The average molecular weight is 218 g/mol. The van der Waals surface area contributed by atoms with Crippen LogP contribution in [-0.2, 0) is 6.54 Å². The van der Waals surface area contributed by atoms with E-state index in [4.69, 9.17) is 17.3 Å². The summed E-state index contributed by atoms with van der Waals surface area (Å²) in [6, 6.07) is 3.67. The van der Waals surface area contributed by atoms with Gasteiger partial charge in [0.25, 0.3) is 0 Å². The first-order chi connectivity index (χ1) is 5.79. The Morgan fingerprint density at radius 1 is 1.38 bits per heavy atom. The van der Waals surface area contributed by atoms with Crippen LogP contribution in [0.1, 0.15) is 5.69 Å². The van der Waals surface area contributed by atoms with Gasteiger partial charge in [0, 0.05) is 18.9 Å². The minimum Gasteiger partial charge on any atom is -0.325 e. The summed E-state index contributed by atoms with van der Waals surface area (Å²) < 4.78 is 1.87. The molecule has 0 saturated heterocycles. The molecular formula is C8H9Cl2N3. The second-order valence-electron chi connectivity index (χ2n) is 2.55. The summed E-state index contributed by atoms with van der Waals surface area (Å²) in [4.78, 5) is 4.25. The normalized spacial score (nSPS) is 10.0. The zero-order chi connectivity index (χ0) is 8.55. The third-order valence-electron chi connectivity index (χ3n) is 1.67. The van der Waals surface area contributed by atoms with Crippen LogP contribution in [0.4, 0.5) is 0 Å². The maximum atomic E-state index is 5.79. The van der Waals surface area contributed by atoms with Crippen molar-refractivity contribution in [2.45, 2.75) is 6.54 Å². The minimum atomic E-state index is 0. The molecule has 2 aromatic heterocycles. The molecule has 70 valence electrons. The lowest BCUT2D eigenvalue weighted by Crippen LogP contribution is -1.95. The SMILES string of the molecule is Cl.NCc1cn2cc(Cl)ccc2n1. The molecule has 2 N–H and O–H groups in total. The molecule has 2 aromatic rings. The van der Waals surface area contributed by atoms with E-state index in [1.807, 2.05) is 28.9 Å². The van der Waals surface area contributed by atoms with Crippen molar-refractivity contribution in [2.75, 3.05) is 0 Å². The van der Waals surface area contributed by atoms with E-state index in [1.54, 1.807) is 0 Å². The number of nitrogens with two attached hydrogens (primary N) is 1. The van der Waals surface area contributed by atoms with Crippen LogP contribution in [0.5, 0.6) is 0 Å². The fraction of sp³-hybridized carbons (Fsp3) is 0.125. The van der Waals surface area contributed by atoms with Crippen molar-refractivity contribution >= 4 is 29.7 Å². The van der Waals surface area contributed by atoms with Crippen molar-refractivity contribution in [3.63, 3.8) is 0 Å². The molecule has 13 heavy (non-hydrogen) atoms. The fourth-order valence-electron chi connectivity index (χ4n) is 1.12. The second-order valence-corrected chi connectivity index (χ2v) is 2.99. The van der Waals surface area contributed by atoms with E-state index in [0.29, 0.717) is 11.6 Å². The van der Waals surface area contributed by atoms with Gasteiger partial charge in [0.05, 0.1) is 10.7 Å². The van der Waals surface area contributed by atoms with Gasteiger partial charge in [0.15, 0.2) is 0 Å². The third-order valence-corrected chi connectivity index (χ3v) is 1.90. The molecule has 0 bridgehead atoms. The number of halogens is 2. The van der Waals surface area contributed by atoms with Gasteiger partial charge < -0.3 is 10.1 Å². The lowest BCUT2D eigenvalue weighted by Gasteiger charge is -1.91. The summed E-state index contributed by atoms with van der Waals surface area (Å²) in [5.41, 5.74) is 7.19. The van der Waals surface area contributed by atoms with Crippen molar-refractivity contribution in [1.82, 2.24) is 9.38 Å². The summed E-state index contributed by atoms with van der Waals surface area (Å²) in [5.74, 6) is 0. The van der Waals surface area contributed by atoms with Crippen LogP contribution >= 0.6 is 24.0 Å². The number of hydrogen-bond donors (Lipinski definition) is 1. The molecule has 0 fully saturated rings. The summed E-state index contributed by atoms with van der Waals surface area (Å²) in [7, 11) is 0. The molecule has 0 aliphatic heterocycles. The van der Waals surface area contributed by atoms with Crippen molar-refractivity contribution in [3.8, 4) is 0 Å². The van der Waals surface area contributed by atoms with Gasteiger partial charge in [-0.1, -0.05) is 11.6 Å². The predicted octanol–water partition coefficient (Wildman–Crippen LogP) is 1.87. The molecule has 0 amide bonds. The molecule has 2 heterocycles. The van der Waals surface area contributed by atoms with E-state index in [0.717, 1.165) is 11.3 Å². The van der Waals surface area contributed by atoms with Crippen molar-refractivity contribution in [3.05, 3.63) is 35.2 Å². The molecule has 0 radical (unpaired) electrons. The number of fused-ring (bicyclic) bond motifs is 1. The zero-order valence-electron chi connectivity index (χ0n) is 6.77. The van der Waals surface area contributed by atoms with Crippen molar-refractivity contribution in [2.24, 2.45) is 5.73 Å². The van der Waals surface area contributed by atoms with Crippen molar-refractivity contribution in [1.29, 1.82) is 0 Å². The highest BCUT2D eigenvalue weighted by atomic mass is 35.5. The van der Waals surface area contributed by atoms with E-state index in [-0.39, 0.29) is 12.4 Å². The molecule has 0 atom stereocenters. The molecule has 2 rings (SSSR count). The second kappa shape index (κ2) is 3.96. The fourth-order valence-corrected chi connectivity index (χ4v) is 1.28. The van der Waals surface area contributed by atoms with Crippen LogP contribution in [0.15, 0.2) is 24.5 Å². The van der Waals surface area contributed by atoms with E-state index in [1.165, 1.54) is 0 Å². The summed E-state index contributed by atoms with van der Waals surface area (Å²) in [5, 5.41) is 0.698. The molecule has 0 aromatic carbocycles. The minimum absolute atomic E-state index is 0. The van der Waals surface area contributed by atoms with Gasteiger partial charge in [-0.3, -0.25) is 0 Å². The highest BCUT2D eigenvalue weighted by Gasteiger charge is 1.98. The smallest absolute Gasteiger partial charge is 0.137 e. The van der Waals surface area contributed by atoms with E-state index in [9.17, 15) is 0 Å². The highest BCUT2D eigenvalue weighted by Crippen LogP contribution is 2.11. The van der Waals surface area contributed by atoms with Gasteiger partial charge in [-0.15, -0.1) is 12.4 Å². The first kappa shape index (κ1) is 10.3. The number of imidazole rings is 1. The molecular weight excluding hydrogens is 209 g/mol. The van der Waals surface area contributed by atoms with Gasteiger partial charge in [-0.05, 0) is 12.1 Å². The maximum absolute atomic E-state index is 5.79. The Morgan fingerprint density at radius 2 is 2.15 bits per heavy atom. The van der Waals surface area contributed by atoms with Gasteiger partial charge in [-0.2, -0.15) is 0 Å². The van der Waals surface area contributed by atoms with Crippen LogP contribution in [0, 0.1) is 0 Å². The quantitative estimate of drug-likeness (QED) is 0.793. The Labute approximate surface area is 86.9 Å². The standard InChI is InChI=1S/C8H8ClN3.ClH/c9-6-1-2-8-11-7(3-10)5-12(8)4-6;/h1-2,4-5H,3,10H2;1H. The van der Waals surface area contributed by atoms with Crippen LogP contribution in [0.25, 0.3) is 5.65 Å². The largest absolute Gasteiger partial charge is 0.325 e. The highest BCUT2D eigenvalue weighted by molar-refractivity contribution is 6.30. The number of aromatic nitrogens is 2. The van der Waals surface area contributed by atoms with Gasteiger partial charge in [-0.25, -0.2) is 4.98 Å². The zero-order valence-corrected chi connectivity index (χ0v) is 8.35. The molecule has 3 nitrogen and oxygen atoms in total. The third kappa shape index (κ3) is 1.94. The van der Waals surface area contributed by atoms with Crippen LogP contribution in [-0.4, -0.2) is 9.38 Å². The van der Waals surface area contributed by atoms with E-state index >= 15 is 0 Å². The summed E-state index contributed by atoms with van der Waals surface area (Å²) in [6.07, 6.45) is 3.68. The summed E-state index contributed by atoms with van der Waals surface area (Å²) in [6.45, 7) is 0.458. The topological polar surface area (TPSA) is 43.3 Å². The lowest BCUT2D eigenvalue weighted by atomic mass is 10.5.